The number of nitrogens with one attached hydrogen (secondary N) is 1. The van der Waals surface area contributed by atoms with Crippen LogP contribution in [0.25, 0.3) is 0 Å². The number of hydrogen-bond donors (Lipinski definition) is 1. The Balaban J connectivity index is 0.00000289. The van der Waals surface area contributed by atoms with Crippen molar-refractivity contribution in [2.24, 2.45) is 0 Å². The van der Waals surface area contributed by atoms with Gasteiger partial charge in [-0.05, 0) is 37.6 Å². The molecule has 1 nitrogen and oxygen atoms in total. The smallest absolute Gasteiger partial charge is 0.0291 e. The summed E-state index contributed by atoms with van der Waals surface area (Å²) in [5.74, 6) is 0. The second kappa shape index (κ2) is 10.8. The maximum absolute atomic E-state index is 3.58. The van der Waals surface area contributed by atoms with Gasteiger partial charge in [-0.3, -0.25) is 0 Å². The highest BCUT2D eigenvalue weighted by Crippen LogP contribution is 2.16. The summed E-state index contributed by atoms with van der Waals surface area (Å²) in [6.07, 6.45) is 6.73. The number of benzene rings is 1. The van der Waals surface area contributed by atoms with E-state index in [2.05, 4.69) is 59.4 Å². The molecular weight excluding hydrogens is 310 g/mol. The van der Waals surface area contributed by atoms with Crippen LogP contribution in [0.1, 0.15) is 57.6 Å². The van der Waals surface area contributed by atoms with Gasteiger partial charge >= 0.3 is 0 Å². The minimum absolute atomic E-state index is 0. The molecule has 1 rings (SSSR count). The fraction of sp³-hybridized carbons (Fsp3) is 0.600. The van der Waals surface area contributed by atoms with E-state index in [1.54, 1.807) is 0 Å². The van der Waals surface area contributed by atoms with E-state index in [-0.39, 0.29) is 12.4 Å². The highest BCUT2D eigenvalue weighted by Gasteiger charge is 2.03. The first-order chi connectivity index (χ1) is 8.24. The van der Waals surface area contributed by atoms with Gasteiger partial charge in [-0.2, -0.15) is 0 Å². The quantitative estimate of drug-likeness (QED) is 0.620. The lowest BCUT2D eigenvalue weighted by atomic mass is 10.1. The van der Waals surface area contributed by atoms with Crippen LogP contribution in [0.4, 0.5) is 0 Å². The maximum atomic E-state index is 3.58. The third kappa shape index (κ3) is 7.40. The molecule has 0 saturated heterocycles. The summed E-state index contributed by atoms with van der Waals surface area (Å²) in [4.78, 5) is 0. The van der Waals surface area contributed by atoms with Gasteiger partial charge in [0.05, 0.1) is 0 Å². The van der Waals surface area contributed by atoms with Gasteiger partial charge in [-0.15, -0.1) is 12.4 Å². The van der Waals surface area contributed by atoms with E-state index >= 15 is 0 Å². The fourth-order valence-corrected chi connectivity index (χ4v) is 2.18. The molecular formula is C15H25BrClN. The molecule has 0 spiro atoms. The first-order valence-corrected chi connectivity index (χ1v) is 7.52. The van der Waals surface area contributed by atoms with Gasteiger partial charge in [0.1, 0.15) is 0 Å². The Hall–Kier alpha value is -0.0500. The van der Waals surface area contributed by atoms with E-state index < -0.39 is 0 Å². The molecule has 0 fully saturated rings. The first kappa shape index (κ1) is 17.9. The van der Waals surface area contributed by atoms with Gasteiger partial charge in [0.2, 0.25) is 0 Å². The molecule has 3 heteroatoms. The molecule has 0 amide bonds. The summed E-state index contributed by atoms with van der Waals surface area (Å²) in [6, 6.07) is 9.02. The summed E-state index contributed by atoms with van der Waals surface area (Å²) in [7, 11) is 0. The molecule has 104 valence electrons. The SMILES string of the molecule is CCCCCCCNC(C)c1ccc(Br)cc1.Cl. The molecule has 0 aliphatic carbocycles. The predicted octanol–water partition coefficient (Wildman–Crippen LogP) is 5.49. The Morgan fingerprint density at radius 1 is 1.06 bits per heavy atom. The molecule has 0 heterocycles. The van der Waals surface area contributed by atoms with Crippen molar-refractivity contribution < 1.29 is 0 Å². The van der Waals surface area contributed by atoms with E-state index in [9.17, 15) is 0 Å². The zero-order chi connectivity index (χ0) is 12.5. The molecule has 1 unspecified atom stereocenters. The summed E-state index contributed by atoms with van der Waals surface area (Å²) in [5, 5.41) is 3.58. The Morgan fingerprint density at radius 3 is 2.28 bits per heavy atom. The monoisotopic (exact) mass is 333 g/mol. The summed E-state index contributed by atoms with van der Waals surface area (Å²) in [5.41, 5.74) is 1.36. The molecule has 18 heavy (non-hydrogen) atoms. The zero-order valence-corrected chi connectivity index (χ0v) is 13.8. The lowest BCUT2D eigenvalue weighted by Crippen LogP contribution is -2.19. The Labute approximate surface area is 126 Å². The minimum Gasteiger partial charge on any atom is -0.310 e. The Bertz CT molecular complexity index is 300. The van der Waals surface area contributed by atoms with Crippen LogP contribution in [-0.4, -0.2) is 6.54 Å². The van der Waals surface area contributed by atoms with Crippen LogP contribution in [0.5, 0.6) is 0 Å². The van der Waals surface area contributed by atoms with Crippen molar-refractivity contribution in [3.63, 3.8) is 0 Å². The zero-order valence-electron chi connectivity index (χ0n) is 11.4. The molecule has 0 saturated carbocycles. The van der Waals surface area contributed by atoms with Crippen LogP contribution >= 0.6 is 28.3 Å². The van der Waals surface area contributed by atoms with Crippen molar-refractivity contribution in [1.82, 2.24) is 5.32 Å². The van der Waals surface area contributed by atoms with Crippen LogP contribution in [0.15, 0.2) is 28.7 Å². The van der Waals surface area contributed by atoms with Gasteiger partial charge in [-0.1, -0.05) is 60.7 Å². The fourth-order valence-electron chi connectivity index (χ4n) is 1.92. The number of rotatable bonds is 8. The lowest BCUT2D eigenvalue weighted by Gasteiger charge is -2.14. The van der Waals surface area contributed by atoms with Crippen LogP contribution in [0.2, 0.25) is 0 Å². The minimum atomic E-state index is 0. The van der Waals surface area contributed by atoms with Crippen LogP contribution < -0.4 is 5.32 Å². The van der Waals surface area contributed by atoms with Crippen molar-refractivity contribution in [2.45, 2.75) is 52.0 Å². The molecule has 0 aliphatic rings. The number of hydrogen-bond acceptors (Lipinski definition) is 1. The normalized spacial score (nSPS) is 11.9. The maximum Gasteiger partial charge on any atom is 0.0291 e. The van der Waals surface area contributed by atoms with Crippen molar-refractivity contribution in [3.8, 4) is 0 Å². The van der Waals surface area contributed by atoms with Crippen LogP contribution in [0.3, 0.4) is 0 Å². The first-order valence-electron chi connectivity index (χ1n) is 6.73. The average Bonchev–Trinajstić information content (AvgIpc) is 2.34. The molecule has 1 aromatic carbocycles. The summed E-state index contributed by atoms with van der Waals surface area (Å²) >= 11 is 3.46. The van der Waals surface area contributed by atoms with Crippen molar-refractivity contribution in [2.75, 3.05) is 6.54 Å². The Morgan fingerprint density at radius 2 is 1.67 bits per heavy atom. The molecule has 0 aromatic heterocycles. The van der Waals surface area contributed by atoms with Crippen LogP contribution in [-0.2, 0) is 0 Å². The molecule has 0 bridgehead atoms. The van der Waals surface area contributed by atoms with E-state index in [4.69, 9.17) is 0 Å². The third-order valence-corrected chi connectivity index (χ3v) is 3.63. The van der Waals surface area contributed by atoms with Gasteiger partial charge in [0.25, 0.3) is 0 Å². The highest BCUT2D eigenvalue weighted by molar-refractivity contribution is 9.10. The number of unbranched alkanes of at least 4 members (excludes halogenated alkanes) is 4. The molecule has 0 radical (unpaired) electrons. The lowest BCUT2D eigenvalue weighted by molar-refractivity contribution is 0.531. The van der Waals surface area contributed by atoms with Crippen molar-refractivity contribution >= 4 is 28.3 Å². The summed E-state index contributed by atoms with van der Waals surface area (Å²) < 4.78 is 1.15. The number of halogens is 2. The second-order valence-corrected chi connectivity index (χ2v) is 5.56. The van der Waals surface area contributed by atoms with E-state index in [0.717, 1.165) is 11.0 Å². The summed E-state index contributed by atoms with van der Waals surface area (Å²) in [6.45, 7) is 5.62. The average molecular weight is 335 g/mol. The largest absolute Gasteiger partial charge is 0.310 e. The third-order valence-electron chi connectivity index (χ3n) is 3.10. The van der Waals surface area contributed by atoms with E-state index in [1.165, 1.54) is 37.7 Å². The predicted molar refractivity (Wildman–Crippen MR) is 86.6 cm³/mol. The molecule has 0 aliphatic heterocycles. The topological polar surface area (TPSA) is 12.0 Å². The van der Waals surface area contributed by atoms with Gasteiger partial charge < -0.3 is 5.32 Å². The van der Waals surface area contributed by atoms with Crippen molar-refractivity contribution in [1.29, 1.82) is 0 Å². The second-order valence-electron chi connectivity index (χ2n) is 4.64. The molecule has 1 N–H and O–H groups in total. The molecule has 1 atom stereocenters. The van der Waals surface area contributed by atoms with Gasteiger partial charge in [0, 0.05) is 10.5 Å². The highest BCUT2D eigenvalue weighted by atomic mass is 79.9. The van der Waals surface area contributed by atoms with E-state index in [1.807, 2.05) is 0 Å². The van der Waals surface area contributed by atoms with Gasteiger partial charge in [-0.25, -0.2) is 0 Å². The van der Waals surface area contributed by atoms with Gasteiger partial charge in [0.15, 0.2) is 0 Å². The standard InChI is InChI=1S/C15H24BrN.ClH/c1-3-4-5-6-7-12-17-13(2)14-8-10-15(16)11-9-14;/h8-11,13,17H,3-7,12H2,1-2H3;1H. The van der Waals surface area contributed by atoms with E-state index in [0.29, 0.717) is 6.04 Å². The Kier molecular flexibility index (Phi) is 10.8. The molecule has 1 aromatic rings. The van der Waals surface area contributed by atoms with Crippen LogP contribution in [0, 0.1) is 0 Å². The van der Waals surface area contributed by atoms with Crippen molar-refractivity contribution in [3.05, 3.63) is 34.3 Å².